The molecule has 1 aliphatic rings. The van der Waals surface area contributed by atoms with E-state index in [0.717, 1.165) is 0 Å². The van der Waals surface area contributed by atoms with Crippen LogP contribution in [-0.4, -0.2) is 45.3 Å². The van der Waals surface area contributed by atoms with E-state index in [1.54, 1.807) is 19.2 Å². The fourth-order valence-electron chi connectivity index (χ4n) is 1.84. The van der Waals surface area contributed by atoms with E-state index in [4.69, 9.17) is 9.47 Å². The number of carbonyl (C=O) groups is 2. The van der Waals surface area contributed by atoms with Gasteiger partial charge in [0.15, 0.2) is 0 Å². The highest BCUT2D eigenvalue weighted by Gasteiger charge is 2.26. The van der Waals surface area contributed by atoms with Crippen molar-refractivity contribution in [3.05, 3.63) is 24.3 Å². The summed E-state index contributed by atoms with van der Waals surface area (Å²) in [5.74, 6) is -0.442. The van der Waals surface area contributed by atoms with Gasteiger partial charge in [0.05, 0.1) is 24.6 Å². The minimum Gasteiger partial charge on any atom is -0.382 e. The van der Waals surface area contributed by atoms with E-state index in [9.17, 15) is 9.59 Å². The molecule has 0 unspecified atom stereocenters. The van der Waals surface area contributed by atoms with Crippen LogP contribution in [0.2, 0.25) is 0 Å². The van der Waals surface area contributed by atoms with Crippen LogP contribution in [0.15, 0.2) is 24.3 Å². The lowest BCUT2D eigenvalue weighted by Crippen LogP contribution is -2.43. The van der Waals surface area contributed by atoms with Crippen molar-refractivity contribution < 1.29 is 19.1 Å². The predicted octanol–water partition coefficient (Wildman–Crippen LogP) is 0.635. The number of nitrogens with zero attached hydrogens (tertiary/aromatic N) is 1. The molecular formula is C13H16N2O4. The van der Waals surface area contributed by atoms with Crippen LogP contribution in [0, 0.1) is 0 Å². The lowest BCUT2D eigenvalue weighted by atomic mass is 10.2. The van der Waals surface area contributed by atoms with Crippen molar-refractivity contribution >= 4 is 23.2 Å². The number of nitrogens with one attached hydrogen (secondary N) is 1. The van der Waals surface area contributed by atoms with Crippen molar-refractivity contribution in [2.24, 2.45) is 0 Å². The molecule has 1 N–H and O–H groups in total. The van der Waals surface area contributed by atoms with Crippen molar-refractivity contribution in [1.29, 1.82) is 0 Å². The second kappa shape index (κ2) is 6.31. The van der Waals surface area contributed by atoms with Gasteiger partial charge in [-0.1, -0.05) is 12.1 Å². The fraction of sp³-hybridized carbons (Fsp3) is 0.385. The molecule has 0 atom stereocenters. The second-order valence-corrected chi connectivity index (χ2v) is 4.09. The van der Waals surface area contributed by atoms with E-state index in [2.05, 4.69) is 5.32 Å². The highest BCUT2D eigenvalue weighted by molar-refractivity contribution is 6.10. The van der Waals surface area contributed by atoms with Crippen LogP contribution >= 0.6 is 0 Å². The molecule has 2 amide bonds. The maximum absolute atomic E-state index is 12.0. The van der Waals surface area contributed by atoms with Crippen molar-refractivity contribution in [3.8, 4) is 0 Å². The van der Waals surface area contributed by atoms with Gasteiger partial charge in [0.1, 0.15) is 13.2 Å². The third-order valence-corrected chi connectivity index (χ3v) is 2.73. The zero-order valence-electron chi connectivity index (χ0n) is 10.7. The van der Waals surface area contributed by atoms with E-state index in [1.807, 2.05) is 12.1 Å². The van der Waals surface area contributed by atoms with Gasteiger partial charge in [-0.2, -0.15) is 0 Å². The molecule has 1 aromatic carbocycles. The molecule has 0 aromatic heterocycles. The van der Waals surface area contributed by atoms with E-state index in [1.165, 1.54) is 4.90 Å². The number of hydrogen-bond acceptors (Lipinski definition) is 4. The molecule has 1 aromatic rings. The number of amides is 2. The monoisotopic (exact) mass is 264 g/mol. The zero-order valence-corrected chi connectivity index (χ0v) is 10.7. The summed E-state index contributed by atoms with van der Waals surface area (Å²) in [5, 5.41) is 2.73. The van der Waals surface area contributed by atoms with Gasteiger partial charge in [0.2, 0.25) is 5.91 Å². The van der Waals surface area contributed by atoms with Crippen LogP contribution in [0.5, 0.6) is 0 Å². The standard InChI is InChI=1S/C13H16N2O4/c1-18-6-7-19-9-13(17)15-8-12(16)14-10-4-2-3-5-11(10)15/h2-5H,6-9H2,1H3,(H,14,16). The number of ether oxygens (including phenoxy) is 2. The average Bonchev–Trinajstić information content (AvgIpc) is 2.42. The minimum atomic E-state index is -0.238. The average molecular weight is 264 g/mol. The summed E-state index contributed by atoms with van der Waals surface area (Å²) in [6.45, 7) is 0.739. The Bertz CT molecular complexity index is 475. The molecule has 0 aliphatic carbocycles. The lowest BCUT2D eigenvalue weighted by molar-refractivity contribution is -0.125. The zero-order chi connectivity index (χ0) is 13.7. The van der Waals surface area contributed by atoms with Crippen molar-refractivity contribution in [3.63, 3.8) is 0 Å². The number of carbonyl (C=O) groups excluding carboxylic acids is 2. The number of para-hydroxylation sites is 2. The molecule has 0 saturated heterocycles. The van der Waals surface area contributed by atoms with Gasteiger partial charge in [-0.3, -0.25) is 14.5 Å². The summed E-state index contributed by atoms with van der Waals surface area (Å²) in [7, 11) is 1.57. The number of methoxy groups -OCH3 is 1. The molecule has 19 heavy (non-hydrogen) atoms. The van der Waals surface area contributed by atoms with Gasteiger partial charge < -0.3 is 14.8 Å². The first-order valence-electron chi connectivity index (χ1n) is 5.98. The molecule has 0 fully saturated rings. The van der Waals surface area contributed by atoms with Gasteiger partial charge in [-0.15, -0.1) is 0 Å². The molecule has 0 radical (unpaired) electrons. The minimum absolute atomic E-state index is 0.0173. The molecule has 1 heterocycles. The highest BCUT2D eigenvalue weighted by Crippen LogP contribution is 2.28. The van der Waals surface area contributed by atoms with Crippen molar-refractivity contribution in [2.75, 3.05) is 43.7 Å². The van der Waals surface area contributed by atoms with Gasteiger partial charge in [-0.05, 0) is 12.1 Å². The molecule has 102 valence electrons. The van der Waals surface area contributed by atoms with Crippen LogP contribution in [0.1, 0.15) is 0 Å². The van der Waals surface area contributed by atoms with Gasteiger partial charge >= 0.3 is 0 Å². The Labute approximate surface area is 111 Å². The SMILES string of the molecule is COCCOCC(=O)N1CC(=O)Nc2ccccc21. The summed E-state index contributed by atoms with van der Waals surface area (Å²) < 4.78 is 10.0. The van der Waals surface area contributed by atoms with Crippen LogP contribution in [0.3, 0.4) is 0 Å². The largest absolute Gasteiger partial charge is 0.382 e. The van der Waals surface area contributed by atoms with Gasteiger partial charge in [-0.25, -0.2) is 0 Å². The molecule has 0 saturated carbocycles. The fourth-order valence-corrected chi connectivity index (χ4v) is 1.84. The molecular weight excluding hydrogens is 248 g/mol. The Morgan fingerprint density at radius 2 is 2.16 bits per heavy atom. The molecule has 6 nitrogen and oxygen atoms in total. The number of fused-ring (bicyclic) bond motifs is 1. The molecule has 0 spiro atoms. The topological polar surface area (TPSA) is 67.9 Å². The summed E-state index contributed by atoms with van der Waals surface area (Å²) in [6, 6.07) is 7.19. The van der Waals surface area contributed by atoms with Crippen molar-refractivity contribution in [2.45, 2.75) is 0 Å². The Kier molecular flexibility index (Phi) is 4.48. The first-order chi connectivity index (χ1) is 9.22. The van der Waals surface area contributed by atoms with E-state index in [-0.39, 0.29) is 25.0 Å². The number of anilines is 2. The second-order valence-electron chi connectivity index (χ2n) is 4.09. The van der Waals surface area contributed by atoms with E-state index >= 15 is 0 Å². The van der Waals surface area contributed by atoms with Crippen LogP contribution in [0.4, 0.5) is 11.4 Å². The third kappa shape index (κ3) is 3.30. The van der Waals surface area contributed by atoms with Crippen LogP contribution in [0.25, 0.3) is 0 Å². The third-order valence-electron chi connectivity index (χ3n) is 2.73. The summed E-state index contributed by atoms with van der Waals surface area (Å²) >= 11 is 0. The summed E-state index contributed by atoms with van der Waals surface area (Å²) in [5.41, 5.74) is 1.34. The van der Waals surface area contributed by atoms with Crippen LogP contribution in [-0.2, 0) is 19.1 Å². The Balaban J connectivity index is 2.03. The van der Waals surface area contributed by atoms with Crippen LogP contribution < -0.4 is 10.2 Å². The molecule has 1 aliphatic heterocycles. The lowest BCUT2D eigenvalue weighted by Gasteiger charge is -2.29. The predicted molar refractivity (Wildman–Crippen MR) is 70.1 cm³/mol. The van der Waals surface area contributed by atoms with Gasteiger partial charge in [0, 0.05) is 7.11 Å². The normalized spacial score (nSPS) is 13.9. The number of hydrogen-bond donors (Lipinski definition) is 1. The summed E-state index contributed by atoms with van der Waals surface area (Å²) in [4.78, 5) is 25.0. The molecule has 6 heteroatoms. The molecule has 0 bridgehead atoms. The van der Waals surface area contributed by atoms with Crippen molar-refractivity contribution in [1.82, 2.24) is 0 Å². The van der Waals surface area contributed by atoms with E-state index in [0.29, 0.717) is 24.6 Å². The first kappa shape index (κ1) is 13.5. The Hall–Kier alpha value is -1.92. The Morgan fingerprint density at radius 3 is 2.95 bits per heavy atom. The first-order valence-corrected chi connectivity index (χ1v) is 5.98. The van der Waals surface area contributed by atoms with Gasteiger partial charge in [0.25, 0.3) is 5.91 Å². The number of rotatable bonds is 5. The van der Waals surface area contributed by atoms with E-state index < -0.39 is 0 Å². The number of benzene rings is 1. The summed E-state index contributed by atoms with van der Waals surface area (Å²) in [6.07, 6.45) is 0. The highest BCUT2D eigenvalue weighted by atomic mass is 16.5. The Morgan fingerprint density at radius 1 is 1.37 bits per heavy atom. The smallest absolute Gasteiger partial charge is 0.253 e. The maximum atomic E-state index is 12.0. The molecule has 2 rings (SSSR count). The maximum Gasteiger partial charge on any atom is 0.253 e. The quantitative estimate of drug-likeness (QED) is 0.792.